The van der Waals surface area contributed by atoms with Gasteiger partial charge in [-0.05, 0) is 24.6 Å². The van der Waals surface area contributed by atoms with E-state index >= 15 is 0 Å². The fraction of sp³-hybridized carbons (Fsp3) is 0.211. The SMILES string of the molecule is COc1ccc(CNC(=O)[C@H](C)Sc2n[nH]c(-c3ccccc3)n2)cc1. The first-order valence-corrected chi connectivity index (χ1v) is 9.09. The number of benzene rings is 2. The molecule has 1 amide bonds. The molecule has 0 bridgehead atoms. The Morgan fingerprint density at radius 2 is 1.92 bits per heavy atom. The number of thioether (sulfide) groups is 1. The molecule has 7 heteroatoms. The van der Waals surface area contributed by atoms with Crippen molar-refractivity contribution in [3.8, 4) is 17.1 Å². The number of nitrogens with zero attached hydrogens (tertiary/aromatic N) is 2. The molecular weight excluding hydrogens is 348 g/mol. The third kappa shape index (κ3) is 4.64. The van der Waals surface area contributed by atoms with Crippen molar-refractivity contribution < 1.29 is 9.53 Å². The highest BCUT2D eigenvalue weighted by Crippen LogP contribution is 2.22. The summed E-state index contributed by atoms with van der Waals surface area (Å²) in [7, 11) is 1.63. The van der Waals surface area contributed by atoms with Crippen LogP contribution in [-0.4, -0.2) is 33.4 Å². The number of ether oxygens (including phenoxy) is 1. The van der Waals surface area contributed by atoms with Gasteiger partial charge >= 0.3 is 0 Å². The summed E-state index contributed by atoms with van der Waals surface area (Å²) in [5.74, 6) is 1.43. The van der Waals surface area contributed by atoms with Crippen LogP contribution in [0.5, 0.6) is 5.75 Å². The molecule has 0 aliphatic rings. The van der Waals surface area contributed by atoms with Crippen LogP contribution < -0.4 is 10.1 Å². The molecule has 0 radical (unpaired) electrons. The lowest BCUT2D eigenvalue weighted by atomic mass is 10.2. The van der Waals surface area contributed by atoms with Crippen LogP contribution in [0.4, 0.5) is 0 Å². The number of methoxy groups -OCH3 is 1. The summed E-state index contributed by atoms with van der Waals surface area (Å²) in [6.45, 7) is 2.31. The second-order valence-electron chi connectivity index (χ2n) is 5.66. The number of aromatic nitrogens is 3. The van der Waals surface area contributed by atoms with Crippen LogP contribution in [0.3, 0.4) is 0 Å². The van der Waals surface area contributed by atoms with Crippen molar-refractivity contribution in [2.24, 2.45) is 0 Å². The third-order valence-electron chi connectivity index (χ3n) is 3.79. The number of carbonyl (C=O) groups excluding carboxylic acids is 1. The fourth-order valence-electron chi connectivity index (χ4n) is 2.31. The van der Waals surface area contributed by atoms with Crippen LogP contribution in [0.1, 0.15) is 12.5 Å². The predicted molar refractivity (Wildman–Crippen MR) is 102 cm³/mol. The largest absolute Gasteiger partial charge is 0.497 e. The lowest BCUT2D eigenvalue weighted by Crippen LogP contribution is -2.30. The topological polar surface area (TPSA) is 79.9 Å². The fourth-order valence-corrected chi connectivity index (χ4v) is 3.06. The lowest BCUT2D eigenvalue weighted by molar-refractivity contribution is -0.120. The first kappa shape index (κ1) is 18.0. The van der Waals surface area contributed by atoms with Crippen LogP contribution in [0.15, 0.2) is 59.8 Å². The minimum Gasteiger partial charge on any atom is -0.497 e. The maximum absolute atomic E-state index is 12.3. The van der Waals surface area contributed by atoms with Crippen LogP contribution in [-0.2, 0) is 11.3 Å². The summed E-state index contributed by atoms with van der Waals surface area (Å²) in [5, 5.41) is 10.3. The molecule has 0 fully saturated rings. The number of carbonyl (C=O) groups is 1. The Balaban J connectivity index is 1.53. The second kappa shape index (κ2) is 8.53. The molecular formula is C19H20N4O2S. The van der Waals surface area contributed by atoms with E-state index in [9.17, 15) is 4.79 Å². The molecule has 1 aromatic heterocycles. The summed E-state index contributed by atoms with van der Waals surface area (Å²) in [5.41, 5.74) is 1.98. The Labute approximate surface area is 156 Å². The Kier molecular flexibility index (Phi) is 5.91. The molecule has 26 heavy (non-hydrogen) atoms. The maximum Gasteiger partial charge on any atom is 0.233 e. The molecule has 2 aromatic carbocycles. The van der Waals surface area contributed by atoms with Crippen LogP contribution in [0.25, 0.3) is 11.4 Å². The van der Waals surface area contributed by atoms with Gasteiger partial charge in [-0.2, -0.15) is 0 Å². The molecule has 0 aliphatic carbocycles. The van der Waals surface area contributed by atoms with E-state index in [2.05, 4.69) is 20.5 Å². The molecule has 1 heterocycles. The average Bonchev–Trinajstić information content (AvgIpc) is 3.15. The average molecular weight is 368 g/mol. The number of nitrogens with one attached hydrogen (secondary N) is 2. The quantitative estimate of drug-likeness (QED) is 0.626. The second-order valence-corrected chi connectivity index (χ2v) is 6.97. The first-order valence-electron chi connectivity index (χ1n) is 8.21. The normalized spacial score (nSPS) is 11.8. The molecule has 0 saturated carbocycles. The van der Waals surface area contributed by atoms with Crippen molar-refractivity contribution >= 4 is 17.7 Å². The third-order valence-corrected chi connectivity index (χ3v) is 4.75. The molecule has 0 unspecified atom stereocenters. The molecule has 0 spiro atoms. The molecule has 1 atom stereocenters. The minimum atomic E-state index is -0.298. The highest BCUT2D eigenvalue weighted by Gasteiger charge is 2.17. The smallest absolute Gasteiger partial charge is 0.233 e. The van der Waals surface area contributed by atoms with Crippen molar-refractivity contribution in [1.29, 1.82) is 0 Å². The van der Waals surface area contributed by atoms with Gasteiger partial charge in [-0.25, -0.2) is 4.98 Å². The van der Waals surface area contributed by atoms with Gasteiger partial charge in [0, 0.05) is 12.1 Å². The summed E-state index contributed by atoms with van der Waals surface area (Å²) < 4.78 is 5.13. The van der Waals surface area contributed by atoms with E-state index in [1.807, 2.05) is 61.5 Å². The number of hydrogen-bond donors (Lipinski definition) is 2. The summed E-state index contributed by atoms with van der Waals surface area (Å²) >= 11 is 1.32. The molecule has 2 N–H and O–H groups in total. The van der Waals surface area contributed by atoms with Gasteiger partial charge in [0.1, 0.15) is 5.75 Å². The number of amides is 1. The van der Waals surface area contributed by atoms with E-state index in [-0.39, 0.29) is 11.2 Å². The Hall–Kier alpha value is -2.80. The lowest BCUT2D eigenvalue weighted by Gasteiger charge is -2.10. The molecule has 3 aromatic rings. The van der Waals surface area contributed by atoms with Crippen molar-refractivity contribution in [3.63, 3.8) is 0 Å². The van der Waals surface area contributed by atoms with Crippen LogP contribution >= 0.6 is 11.8 Å². The van der Waals surface area contributed by atoms with Gasteiger partial charge in [0.05, 0.1) is 12.4 Å². The zero-order valence-corrected chi connectivity index (χ0v) is 15.4. The van der Waals surface area contributed by atoms with Gasteiger partial charge in [0.25, 0.3) is 0 Å². The number of rotatable bonds is 7. The van der Waals surface area contributed by atoms with E-state index in [0.717, 1.165) is 16.9 Å². The van der Waals surface area contributed by atoms with Crippen molar-refractivity contribution in [2.75, 3.05) is 7.11 Å². The first-order chi connectivity index (χ1) is 12.7. The van der Waals surface area contributed by atoms with Crippen molar-refractivity contribution in [1.82, 2.24) is 20.5 Å². The van der Waals surface area contributed by atoms with Crippen LogP contribution in [0, 0.1) is 0 Å². The minimum absolute atomic E-state index is 0.0584. The van der Waals surface area contributed by atoms with Gasteiger partial charge in [-0.3, -0.25) is 9.89 Å². The van der Waals surface area contributed by atoms with E-state index in [4.69, 9.17) is 4.74 Å². The van der Waals surface area contributed by atoms with E-state index < -0.39 is 0 Å². The molecule has 6 nitrogen and oxygen atoms in total. The number of hydrogen-bond acceptors (Lipinski definition) is 5. The standard InChI is InChI=1S/C19H20N4O2S/c1-13(18(24)20-12-14-8-10-16(25-2)11-9-14)26-19-21-17(22-23-19)15-6-4-3-5-7-15/h3-11,13H,12H2,1-2H3,(H,20,24)(H,21,22,23)/t13-/m0/s1. The summed E-state index contributed by atoms with van der Waals surface area (Å²) in [6.07, 6.45) is 0. The van der Waals surface area contributed by atoms with E-state index in [1.165, 1.54) is 11.8 Å². The molecule has 0 aliphatic heterocycles. The van der Waals surface area contributed by atoms with E-state index in [1.54, 1.807) is 7.11 Å². The van der Waals surface area contributed by atoms with Gasteiger partial charge in [0.2, 0.25) is 11.1 Å². The predicted octanol–water partition coefficient (Wildman–Crippen LogP) is 3.28. The van der Waals surface area contributed by atoms with Crippen LogP contribution in [0.2, 0.25) is 0 Å². The van der Waals surface area contributed by atoms with Gasteiger partial charge < -0.3 is 10.1 Å². The zero-order valence-electron chi connectivity index (χ0n) is 14.6. The van der Waals surface area contributed by atoms with Gasteiger partial charge in [0.15, 0.2) is 5.82 Å². The number of aromatic amines is 1. The van der Waals surface area contributed by atoms with Crippen molar-refractivity contribution in [3.05, 3.63) is 60.2 Å². The Morgan fingerprint density at radius 3 is 2.62 bits per heavy atom. The van der Waals surface area contributed by atoms with Gasteiger partial charge in [-0.15, -0.1) is 5.10 Å². The van der Waals surface area contributed by atoms with Crippen molar-refractivity contribution in [2.45, 2.75) is 23.9 Å². The summed E-state index contributed by atoms with van der Waals surface area (Å²) in [6, 6.07) is 17.4. The van der Waals surface area contributed by atoms with Gasteiger partial charge in [-0.1, -0.05) is 54.2 Å². The Bertz CT molecular complexity index is 849. The molecule has 0 saturated heterocycles. The highest BCUT2D eigenvalue weighted by atomic mass is 32.2. The Morgan fingerprint density at radius 1 is 1.19 bits per heavy atom. The monoisotopic (exact) mass is 368 g/mol. The summed E-state index contributed by atoms with van der Waals surface area (Å²) in [4.78, 5) is 16.7. The van der Waals surface area contributed by atoms with E-state index in [0.29, 0.717) is 17.5 Å². The molecule has 3 rings (SSSR count). The number of H-pyrrole nitrogens is 1. The molecule has 134 valence electrons. The maximum atomic E-state index is 12.3. The highest BCUT2D eigenvalue weighted by molar-refractivity contribution is 8.00. The zero-order chi connectivity index (χ0) is 18.4.